The van der Waals surface area contributed by atoms with Crippen LogP contribution in [0, 0.1) is 13.8 Å². The lowest BCUT2D eigenvalue weighted by atomic mass is 10.1. The normalized spacial score (nSPS) is 11.2. The molecule has 1 amide bonds. The van der Waals surface area contributed by atoms with Crippen molar-refractivity contribution in [2.45, 2.75) is 33.4 Å². The molecule has 1 aromatic heterocycles. The fourth-order valence-corrected chi connectivity index (χ4v) is 3.28. The first-order valence-corrected chi connectivity index (χ1v) is 9.31. The van der Waals surface area contributed by atoms with E-state index in [4.69, 9.17) is 9.47 Å². The van der Waals surface area contributed by atoms with Gasteiger partial charge in [0.2, 0.25) is 0 Å². The molecule has 0 aliphatic rings. The summed E-state index contributed by atoms with van der Waals surface area (Å²) in [6, 6.07) is 4.47. The fraction of sp³-hybridized carbons (Fsp3) is 0.368. The van der Waals surface area contributed by atoms with Crippen molar-refractivity contribution < 1.29 is 32.2 Å². The van der Waals surface area contributed by atoms with E-state index in [1.54, 1.807) is 13.0 Å². The molecule has 1 N–H and O–H groups in total. The lowest BCUT2D eigenvalue weighted by molar-refractivity contribution is -0.137. The number of carbonyl (C=O) groups excluding carboxylic acids is 2. The van der Waals surface area contributed by atoms with Gasteiger partial charge in [0.15, 0.2) is 6.61 Å². The Labute approximate surface area is 164 Å². The number of rotatable bonds is 7. The highest BCUT2D eigenvalue weighted by molar-refractivity contribution is 7.12. The molecular weight excluding hydrogens is 395 g/mol. The van der Waals surface area contributed by atoms with Crippen LogP contribution < -0.4 is 10.1 Å². The van der Waals surface area contributed by atoms with Crippen LogP contribution in [-0.4, -0.2) is 25.1 Å². The van der Waals surface area contributed by atoms with Crippen LogP contribution >= 0.6 is 11.3 Å². The first-order valence-electron chi connectivity index (χ1n) is 8.50. The van der Waals surface area contributed by atoms with Crippen LogP contribution in [0.1, 0.15) is 39.0 Å². The van der Waals surface area contributed by atoms with Crippen molar-refractivity contribution in [1.29, 1.82) is 0 Å². The number of hydrogen-bond acceptors (Lipinski definition) is 5. The Morgan fingerprint density at radius 3 is 2.46 bits per heavy atom. The highest BCUT2D eigenvalue weighted by Gasteiger charge is 2.31. The topological polar surface area (TPSA) is 64.6 Å². The summed E-state index contributed by atoms with van der Waals surface area (Å²) in [5.41, 5.74) is -0.693. The lowest BCUT2D eigenvalue weighted by Gasteiger charge is -2.15. The van der Waals surface area contributed by atoms with E-state index in [-0.39, 0.29) is 18.0 Å². The zero-order valence-corrected chi connectivity index (χ0v) is 16.4. The molecule has 1 heterocycles. The van der Waals surface area contributed by atoms with E-state index < -0.39 is 30.2 Å². The Morgan fingerprint density at radius 1 is 1.18 bits per heavy atom. The number of hydrogen-bond donors (Lipinski definition) is 1. The molecule has 152 valence electrons. The molecule has 0 fully saturated rings. The molecule has 28 heavy (non-hydrogen) atoms. The maximum atomic E-state index is 12.9. The summed E-state index contributed by atoms with van der Waals surface area (Å²) >= 11 is 1.42. The third-order valence-electron chi connectivity index (χ3n) is 3.64. The summed E-state index contributed by atoms with van der Waals surface area (Å²) in [4.78, 5) is 25.9. The van der Waals surface area contributed by atoms with Crippen molar-refractivity contribution in [1.82, 2.24) is 0 Å². The predicted octanol–water partition coefficient (Wildman–Crippen LogP) is 4.97. The number of alkyl halides is 3. The quantitative estimate of drug-likeness (QED) is 0.649. The van der Waals surface area contributed by atoms with Gasteiger partial charge in [0.05, 0.1) is 23.4 Å². The number of anilines is 1. The maximum Gasteiger partial charge on any atom is 0.416 e. The third-order valence-corrected chi connectivity index (χ3v) is 4.60. The van der Waals surface area contributed by atoms with Gasteiger partial charge >= 0.3 is 12.1 Å². The Balaban J connectivity index is 2.08. The van der Waals surface area contributed by atoms with Crippen molar-refractivity contribution in [2.75, 3.05) is 18.5 Å². The molecule has 2 aromatic rings. The van der Waals surface area contributed by atoms with Crippen LogP contribution in [0.5, 0.6) is 5.75 Å². The molecule has 0 bridgehead atoms. The van der Waals surface area contributed by atoms with Crippen molar-refractivity contribution in [3.63, 3.8) is 0 Å². The fourth-order valence-electron chi connectivity index (χ4n) is 2.37. The lowest BCUT2D eigenvalue weighted by Crippen LogP contribution is -2.22. The third kappa shape index (κ3) is 5.72. The molecule has 0 aliphatic carbocycles. The average molecular weight is 415 g/mol. The van der Waals surface area contributed by atoms with Crippen LogP contribution in [0.3, 0.4) is 0 Å². The van der Waals surface area contributed by atoms with Crippen molar-refractivity contribution in [2.24, 2.45) is 0 Å². The highest BCUT2D eigenvalue weighted by Crippen LogP contribution is 2.35. The van der Waals surface area contributed by atoms with Crippen LogP contribution in [0.2, 0.25) is 0 Å². The van der Waals surface area contributed by atoms with Gasteiger partial charge in [0.1, 0.15) is 5.75 Å². The molecule has 9 heteroatoms. The second-order valence-corrected chi connectivity index (χ2v) is 7.47. The smallest absolute Gasteiger partial charge is 0.416 e. The largest absolute Gasteiger partial charge is 0.491 e. The van der Waals surface area contributed by atoms with E-state index in [0.717, 1.165) is 28.0 Å². The summed E-state index contributed by atoms with van der Waals surface area (Å²) in [7, 11) is 0. The number of amides is 1. The van der Waals surface area contributed by atoms with E-state index in [9.17, 15) is 22.8 Å². The van der Waals surface area contributed by atoms with Gasteiger partial charge in [-0.1, -0.05) is 6.92 Å². The van der Waals surface area contributed by atoms with Crippen LogP contribution in [-0.2, 0) is 15.7 Å². The Hall–Kier alpha value is -2.55. The second kappa shape index (κ2) is 9.09. The molecule has 0 atom stereocenters. The maximum absolute atomic E-state index is 12.9. The van der Waals surface area contributed by atoms with Crippen LogP contribution in [0.4, 0.5) is 18.9 Å². The number of nitrogens with one attached hydrogen (secondary N) is 1. The standard InChI is InChI=1S/C19H20F3NO4S/c1-4-7-26-16-6-5-13(19(20,21)22)9-15(16)23-17(24)10-27-18(25)14-8-11(2)28-12(14)3/h5-6,8-9H,4,7,10H2,1-3H3,(H,23,24). The molecule has 0 unspecified atom stereocenters. The van der Waals surface area contributed by atoms with Gasteiger partial charge in [-0.3, -0.25) is 4.79 Å². The van der Waals surface area contributed by atoms with E-state index in [0.29, 0.717) is 12.0 Å². The summed E-state index contributed by atoms with van der Waals surface area (Å²) < 4.78 is 49.2. The Morgan fingerprint density at radius 2 is 1.89 bits per heavy atom. The van der Waals surface area contributed by atoms with Crippen LogP contribution in [0.25, 0.3) is 0 Å². The van der Waals surface area contributed by atoms with Crippen molar-refractivity contribution >= 4 is 28.9 Å². The average Bonchev–Trinajstić information content (AvgIpc) is 2.96. The van der Waals surface area contributed by atoms with Crippen molar-refractivity contribution in [3.05, 3.63) is 45.1 Å². The minimum atomic E-state index is -4.57. The van der Waals surface area contributed by atoms with E-state index in [1.165, 1.54) is 11.3 Å². The molecule has 5 nitrogen and oxygen atoms in total. The minimum absolute atomic E-state index is 0.110. The number of halogens is 3. The number of carbonyl (C=O) groups is 2. The Kier molecular flexibility index (Phi) is 7.06. The summed E-state index contributed by atoms with van der Waals surface area (Å²) in [6.45, 7) is 5.09. The van der Waals surface area contributed by atoms with Gasteiger partial charge in [-0.2, -0.15) is 13.2 Å². The summed E-state index contributed by atoms with van der Waals surface area (Å²) in [5.74, 6) is -1.32. The molecule has 2 rings (SSSR count). The first-order chi connectivity index (χ1) is 13.1. The molecular formula is C19H20F3NO4S. The number of aryl methyl sites for hydroxylation is 2. The van der Waals surface area contributed by atoms with E-state index >= 15 is 0 Å². The van der Waals surface area contributed by atoms with Gasteiger partial charge < -0.3 is 14.8 Å². The summed E-state index contributed by atoms with van der Waals surface area (Å²) in [5, 5.41) is 2.32. The second-order valence-electron chi connectivity index (χ2n) is 6.01. The number of benzene rings is 1. The minimum Gasteiger partial charge on any atom is -0.491 e. The van der Waals surface area contributed by atoms with Crippen molar-refractivity contribution in [3.8, 4) is 5.75 Å². The zero-order valence-electron chi connectivity index (χ0n) is 15.6. The molecule has 0 spiro atoms. The monoisotopic (exact) mass is 415 g/mol. The number of thiophene rings is 1. The van der Waals surface area contributed by atoms with Crippen LogP contribution in [0.15, 0.2) is 24.3 Å². The number of esters is 1. The van der Waals surface area contributed by atoms with Gasteiger partial charge in [-0.05, 0) is 44.5 Å². The van der Waals surface area contributed by atoms with Gasteiger partial charge in [0.25, 0.3) is 5.91 Å². The van der Waals surface area contributed by atoms with Gasteiger partial charge in [0, 0.05) is 9.75 Å². The van der Waals surface area contributed by atoms with E-state index in [1.807, 2.05) is 13.8 Å². The molecule has 0 saturated carbocycles. The predicted molar refractivity (Wildman–Crippen MR) is 99.9 cm³/mol. The molecule has 0 radical (unpaired) electrons. The SMILES string of the molecule is CCCOc1ccc(C(F)(F)F)cc1NC(=O)COC(=O)c1cc(C)sc1C. The molecule has 0 saturated heterocycles. The first kappa shape index (κ1) is 21.7. The molecule has 0 aliphatic heterocycles. The number of ether oxygens (including phenoxy) is 2. The van der Waals surface area contributed by atoms with Gasteiger partial charge in [-0.15, -0.1) is 11.3 Å². The van der Waals surface area contributed by atoms with Gasteiger partial charge in [-0.25, -0.2) is 4.79 Å². The Bertz CT molecular complexity index is 861. The van der Waals surface area contributed by atoms with E-state index in [2.05, 4.69) is 5.32 Å². The molecule has 1 aromatic carbocycles. The summed E-state index contributed by atoms with van der Waals surface area (Å²) in [6.07, 6.45) is -3.92. The zero-order chi connectivity index (χ0) is 20.9. The highest BCUT2D eigenvalue weighted by atomic mass is 32.1.